The topological polar surface area (TPSA) is 76.2 Å². The Morgan fingerprint density at radius 3 is 2.89 bits per heavy atom. The fourth-order valence-electron chi connectivity index (χ4n) is 3.66. The highest BCUT2D eigenvalue weighted by molar-refractivity contribution is 5.92. The largest absolute Gasteiger partial charge is 0.359 e. The first kappa shape index (κ1) is 18.4. The van der Waals surface area contributed by atoms with Crippen LogP contribution in [0.5, 0.6) is 0 Å². The molecule has 1 saturated heterocycles. The van der Waals surface area contributed by atoms with Crippen LogP contribution >= 0.6 is 0 Å². The summed E-state index contributed by atoms with van der Waals surface area (Å²) >= 11 is 0. The Morgan fingerprint density at radius 2 is 2.14 bits per heavy atom. The molecule has 0 unspecified atom stereocenters. The van der Waals surface area contributed by atoms with Gasteiger partial charge in [0.1, 0.15) is 5.69 Å². The number of benzene rings is 1. The molecule has 0 radical (unpaired) electrons. The molecule has 0 spiro atoms. The molecule has 1 aliphatic rings. The van der Waals surface area contributed by atoms with Gasteiger partial charge < -0.3 is 9.84 Å². The molecular weight excluding hydrogens is 354 g/mol. The van der Waals surface area contributed by atoms with Crippen LogP contribution in [0.15, 0.2) is 47.1 Å². The van der Waals surface area contributed by atoms with Crippen molar-refractivity contribution >= 4 is 11.6 Å². The number of nitrogens with zero attached hydrogens (tertiary/aromatic N) is 4. The van der Waals surface area contributed by atoms with Gasteiger partial charge in [-0.3, -0.25) is 14.4 Å². The minimum Gasteiger partial charge on any atom is -0.359 e. The highest BCUT2D eigenvalue weighted by atomic mass is 16.5. The molecular formula is C21H25N5O2. The molecule has 146 valence electrons. The zero-order chi connectivity index (χ0) is 19.5. The zero-order valence-corrected chi connectivity index (χ0v) is 16.3. The molecule has 1 amide bonds. The second-order valence-electron chi connectivity index (χ2n) is 7.38. The van der Waals surface area contributed by atoms with Gasteiger partial charge in [0.25, 0.3) is 0 Å². The van der Waals surface area contributed by atoms with Gasteiger partial charge in [0.2, 0.25) is 5.91 Å². The summed E-state index contributed by atoms with van der Waals surface area (Å²) in [7, 11) is 1.91. The summed E-state index contributed by atoms with van der Waals surface area (Å²) in [6.45, 7) is 4.34. The molecule has 1 atom stereocenters. The number of aryl methyl sites for hydroxylation is 1. The van der Waals surface area contributed by atoms with Crippen molar-refractivity contribution in [2.24, 2.45) is 13.0 Å². The standard InChI is InChI=1S/C21H25N5O2/c1-15-19(12-22-25(15)2)20-11-18(28-24-20)14-26-10-6-7-16(13-26)21(27)23-17-8-4-3-5-9-17/h3-5,8-9,11-12,16H,6-7,10,13-14H2,1-2H3,(H,23,27)/t16-/m1/s1. The quantitative estimate of drug-likeness (QED) is 0.736. The normalized spacial score (nSPS) is 17.6. The Kier molecular flexibility index (Phi) is 5.25. The number of rotatable bonds is 5. The smallest absolute Gasteiger partial charge is 0.228 e. The van der Waals surface area contributed by atoms with Crippen LogP contribution in [0.4, 0.5) is 5.69 Å². The van der Waals surface area contributed by atoms with Crippen molar-refractivity contribution in [2.75, 3.05) is 18.4 Å². The van der Waals surface area contributed by atoms with Crippen LogP contribution in [0.1, 0.15) is 24.3 Å². The summed E-state index contributed by atoms with van der Waals surface area (Å²) in [5, 5.41) is 11.5. The second kappa shape index (κ2) is 7.98. The van der Waals surface area contributed by atoms with Gasteiger partial charge in [0.05, 0.1) is 18.7 Å². The van der Waals surface area contributed by atoms with Crippen LogP contribution in [0.3, 0.4) is 0 Å². The van der Waals surface area contributed by atoms with Crippen molar-refractivity contribution in [3.05, 3.63) is 54.0 Å². The summed E-state index contributed by atoms with van der Waals surface area (Å²) < 4.78 is 7.37. The SMILES string of the molecule is Cc1c(-c2cc(CN3CCC[C@@H](C(=O)Nc4ccccc4)C3)on2)cnn1C. The number of nitrogens with one attached hydrogen (secondary N) is 1. The number of hydrogen-bond acceptors (Lipinski definition) is 5. The summed E-state index contributed by atoms with van der Waals surface area (Å²) in [6.07, 6.45) is 3.71. The van der Waals surface area contributed by atoms with Crippen LogP contribution in [-0.2, 0) is 18.4 Å². The van der Waals surface area contributed by atoms with E-state index in [0.29, 0.717) is 6.54 Å². The van der Waals surface area contributed by atoms with Gasteiger partial charge in [0.15, 0.2) is 5.76 Å². The molecule has 1 aliphatic heterocycles. The number of piperidine rings is 1. The van der Waals surface area contributed by atoms with E-state index in [1.54, 1.807) is 0 Å². The van der Waals surface area contributed by atoms with Crippen molar-refractivity contribution in [3.8, 4) is 11.3 Å². The number of carbonyl (C=O) groups is 1. The second-order valence-corrected chi connectivity index (χ2v) is 7.38. The Morgan fingerprint density at radius 1 is 1.32 bits per heavy atom. The third kappa shape index (κ3) is 3.99. The predicted molar refractivity (Wildman–Crippen MR) is 107 cm³/mol. The third-order valence-corrected chi connectivity index (χ3v) is 5.37. The van der Waals surface area contributed by atoms with Gasteiger partial charge in [0, 0.05) is 36.6 Å². The molecule has 7 nitrogen and oxygen atoms in total. The molecule has 1 N–H and O–H groups in total. The molecule has 28 heavy (non-hydrogen) atoms. The number of amides is 1. The molecule has 4 rings (SSSR count). The molecule has 0 saturated carbocycles. The van der Waals surface area contributed by atoms with E-state index in [1.807, 2.05) is 61.2 Å². The predicted octanol–water partition coefficient (Wildman–Crippen LogP) is 3.23. The van der Waals surface area contributed by atoms with Crippen LogP contribution < -0.4 is 5.32 Å². The van der Waals surface area contributed by atoms with Crippen molar-refractivity contribution < 1.29 is 9.32 Å². The molecule has 7 heteroatoms. The van der Waals surface area contributed by atoms with E-state index < -0.39 is 0 Å². The Hall–Kier alpha value is -2.93. The van der Waals surface area contributed by atoms with E-state index in [2.05, 4.69) is 20.5 Å². The van der Waals surface area contributed by atoms with Gasteiger partial charge in [-0.15, -0.1) is 0 Å². The number of para-hydroxylation sites is 1. The van der Waals surface area contributed by atoms with E-state index in [-0.39, 0.29) is 11.8 Å². The molecule has 1 aromatic carbocycles. The fraction of sp³-hybridized carbons (Fsp3) is 0.381. The Bertz CT molecular complexity index is 947. The summed E-state index contributed by atoms with van der Waals surface area (Å²) in [6, 6.07) is 11.6. The minimum absolute atomic E-state index is 0.0167. The summed E-state index contributed by atoms with van der Waals surface area (Å²) in [4.78, 5) is 14.9. The zero-order valence-electron chi connectivity index (χ0n) is 16.3. The van der Waals surface area contributed by atoms with Gasteiger partial charge in [-0.05, 0) is 38.4 Å². The van der Waals surface area contributed by atoms with Gasteiger partial charge in [-0.25, -0.2) is 0 Å². The maximum Gasteiger partial charge on any atom is 0.228 e. The lowest BCUT2D eigenvalue weighted by atomic mass is 9.97. The van der Waals surface area contributed by atoms with E-state index in [4.69, 9.17) is 4.52 Å². The number of aromatic nitrogens is 3. The fourth-order valence-corrected chi connectivity index (χ4v) is 3.66. The van der Waals surface area contributed by atoms with Crippen molar-refractivity contribution in [2.45, 2.75) is 26.3 Å². The first-order chi connectivity index (χ1) is 13.6. The molecule has 0 aliphatic carbocycles. The summed E-state index contributed by atoms with van der Waals surface area (Å²) in [5.74, 6) is 0.874. The molecule has 3 aromatic rings. The van der Waals surface area contributed by atoms with E-state index >= 15 is 0 Å². The number of carbonyl (C=O) groups excluding carboxylic acids is 1. The van der Waals surface area contributed by atoms with Crippen molar-refractivity contribution in [1.29, 1.82) is 0 Å². The third-order valence-electron chi connectivity index (χ3n) is 5.37. The van der Waals surface area contributed by atoms with Gasteiger partial charge in [-0.1, -0.05) is 23.4 Å². The average molecular weight is 379 g/mol. The Balaban J connectivity index is 1.38. The lowest BCUT2D eigenvalue weighted by molar-refractivity contribution is -0.121. The number of likely N-dealkylation sites (tertiary alicyclic amines) is 1. The minimum atomic E-state index is -0.0167. The lowest BCUT2D eigenvalue weighted by Gasteiger charge is -2.31. The monoisotopic (exact) mass is 379 g/mol. The molecule has 2 aromatic heterocycles. The molecule has 0 bridgehead atoms. The van der Waals surface area contributed by atoms with E-state index in [1.165, 1.54) is 0 Å². The van der Waals surface area contributed by atoms with Crippen LogP contribution in [0, 0.1) is 12.8 Å². The van der Waals surface area contributed by atoms with Gasteiger partial charge >= 0.3 is 0 Å². The molecule has 1 fully saturated rings. The first-order valence-corrected chi connectivity index (χ1v) is 9.63. The van der Waals surface area contributed by atoms with E-state index in [0.717, 1.165) is 54.3 Å². The van der Waals surface area contributed by atoms with Crippen LogP contribution in [-0.4, -0.2) is 38.8 Å². The first-order valence-electron chi connectivity index (χ1n) is 9.63. The number of anilines is 1. The average Bonchev–Trinajstić information content (AvgIpc) is 3.29. The van der Waals surface area contributed by atoms with Crippen LogP contribution in [0.2, 0.25) is 0 Å². The van der Waals surface area contributed by atoms with Crippen molar-refractivity contribution in [1.82, 2.24) is 19.8 Å². The Labute approximate surface area is 164 Å². The van der Waals surface area contributed by atoms with E-state index in [9.17, 15) is 4.79 Å². The highest BCUT2D eigenvalue weighted by Crippen LogP contribution is 2.25. The maximum absolute atomic E-state index is 12.6. The van der Waals surface area contributed by atoms with Crippen molar-refractivity contribution in [3.63, 3.8) is 0 Å². The maximum atomic E-state index is 12.6. The summed E-state index contributed by atoms with van der Waals surface area (Å²) in [5.41, 5.74) is 3.68. The molecule has 3 heterocycles. The van der Waals surface area contributed by atoms with Crippen LogP contribution in [0.25, 0.3) is 11.3 Å². The van der Waals surface area contributed by atoms with Gasteiger partial charge in [-0.2, -0.15) is 5.10 Å². The highest BCUT2D eigenvalue weighted by Gasteiger charge is 2.26. The lowest BCUT2D eigenvalue weighted by Crippen LogP contribution is -2.40. The number of hydrogen-bond donors (Lipinski definition) is 1.